The van der Waals surface area contributed by atoms with Gasteiger partial charge in [-0.25, -0.2) is 0 Å². The molecule has 34 heavy (non-hydrogen) atoms. The van der Waals surface area contributed by atoms with Gasteiger partial charge < -0.3 is 10.6 Å². The van der Waals surface area contributed by atoms with Crippen molar-refractivity contribution in [3.05, 3.63) is 68.0 Å². The molecule has 0 aliphatic carbocycles. The van der Waals surface area contributed by atoms with Gasteiger partial charge in [-0.05, 0) is 32.0 Å². The molecule has 0 unspecified atom stereocenters. The molecule has 0 atom stereocenters. The molecule has 1 heterocycles. The van der Waals surface area contributed by atoms with Crippen LogP contribution < -0.4 is 16.2 Å². The van der Waals surface area contributed by atoms with Gasteiger partial charge in [-0.3, -0.25) is 29.5 Å². The summed E-state index contributed by atoms with van der Waals surface area (Å²) < 4.78 is 0. The van der Waals surface area contributed by atoms with Crippen LogP contribution in [0.1, 0.15) is 24.5 Å². The Morgan fingerprint density at radius 3 is 2.53 bits per heavy atom. The number of nitrogens with zero attached hydrogens (tertiary/aromatic N) is 3. The van der Waals surface area contributed by atoms with Gasteiger partial charge in [0, 0.05) is 29.3 Å². The maximum Gasteiger partial charge on any atom is 0.278 e. The van der Waals surface area contributed by atoms with E-state index in [2.05, 4.69) is 25.8 Å². The zero-order valence-electron chi connectivity index (χ0n) is 18.7. The van der Waals surface area contributed by atoms with Crippen molar-refractivity contribution < 1.29 is 14.5 Å². The molecule has 0 spiro atoms. The third kappa shape index (κ3) is 6.04. The Morgan fingerprint density at radius 2 is 1.85 bits per heavy atom. The van der Waals surface area contributed by atoms with Crippen molar-refractivity contribution in [1.29, 1.82) is 0 Å². The number of carbonyl (C=O) groups excluding carboxylic acids is 2. The van der Waals surface area contributed by atoms with Crippen LogP contribution in [0.15, 0.2) is 46.3 Å². The van der Waals surface area contributed by atoms with E-state index in [-0.39, 0.29) is 34.6 Å². The Kier molecular flexibility index (Phi) is 7.74. The van der Waals surface area contributed by atoms with E-state index in [1.807, 2.05) is 13.0 Å². The number of nitro benzene ring substituents is 1. The number of amides is 2. The number of aryl methyl sites for hydroxylation is 2. The lowest BCUT2D eigenvalue weighted by Crippen LogP contribution is -2.18. The van der Waals surface area contributed by atoms with E-state index in [1.54, 1.807) is 38.1 Å². The van der Waals surface area contributed by atoms with Crippen LogP contribution >= 0.6 is 11.8 Å². The van der Waals surface area contributed by atoms with Gasteiger partial charge >= 0.3 is 0 Å². The Hall–Kier alpha value is -4.06. The van der Waals surface area contributed by atoms with Gasteiger partial charge in [0.05, 0.1) is 16.4 Å². The Morgan fingerprint density at radius 1 is 1.09 bits per heavy atom. The number of aromatic nitrogens is 3. The second kappa shape index (κ2) is 10.7. The summed E-state index contributed by atoms with van der Waals surface area (Å²) in [6.07, 6.45) is 0.281. The van der Waals surface area contributed by atoms with Crippen molar-refractivity contribution in [3.8, 4) is 11.3 Å². The van der Waals surface area contributed by atoms with E-state index >= 15 is 0 Å². The lowest BCUT2D eigenvalue weighted by atomic mass is 10.1. The zero-order valence-corrected chi connectivity index (χ0v) is 19.5. The summed E-state index contributed by atoms with van der Waals surface area (Å²) in [4.78, 5) is 49.9. The normalized spacial score (nSPS) is 10.6. The van der Waals surface area contributed by atoms with Crippen LogP contribution in [-0.2, 0) is 9.59 Å². The van der Waals surface area contributed by atoms with Gasteiger partial charge in [-0.15, -0.1) is 10.2 Å². The smallest absolute Gasteiger partial charge is 0.278 e. The fourth-order valence-electron chi connectivity index (χ4n) is 2.98. The molecule has 176 valence electrons. The third-order valence-electron chi connectivity index (χ3n) is 4.73. The minimum Gasteiger partial charge on any atom is -0.325 e. The van der Waals surface area contributed by atoms with Crippen molar-refractivity contribution >= 4 is 40.6 Å². The van der Waals surface area contributed by atoms with E-state index in [9.17, 15) is 24.5 Å². The third-order valence-corrected chi connectivity index (χ3v) is 5.60. The monoisotopic (exact) mass is 482 g/mol. The van der Waals surface area contributed by atoms with Crippen LogP contribution in [0, 0.1) is 24.0 Å². The summed E-state index contributed by atoms with van der Waals surface area (Å²) in [6.45, 7) is 5.18. The average molecular weight is 483 g/mol. The van der Waals surface area contributed by atoms with Crippen LogP contribution in [0.4, 0.5) is 17.1 Å². The first-order valence-corrected chi connectivity index (χ1v) is 11.2. The molecule has 0 radical (unpaired) electrons. The predicted molar refractivity (Wildman–Crippen MR) is 129 cm³/mol. The number of hydrogen-bond acceptors (Lipinski definition) is 8. The first-order valence-electron chi connectivity index (χ1n) is 10.2. The molecule has 0 aliphatic rings. The summed E-state index contributed by atoms with van der Waals surface area (Å²) in [5.74, 6) is -0.738. The zero-order chi connectivity index (χ0) is 24.8. The maximum atomic E-state index is 12.7. The van der Waals surface area contributed by atoms with Crippen LogP contribution in [0.25, 0.3) is 11.3 Å². The van der Waals surface area contributed by atoms with Crippen molar-refractivity contribution in [2.75, 3.05) is 16.4 Å². The van der Waals surface area contributed by atoms with Gasteiger partial charge in [0.25, 0.3) is 11.2 Å². The molecule has 12 heteroatoms. The van der Waals surface area contributed by atoms with Crippen molar-refractivity contribution in [1.82, 2.24) is 15.2 Å². The molecule has 1 aromatic heterocycles. The number of nitro groups is 1. The minimum absolute atomic E-state index is 0.0378. The highest BCUT2D eigenvalue weighted by molar-refractivity contribution is 7.99. The van der Waals surface area contributed by atoms with Crippen molar-refractivity contribution in [3.63, 3.8) is 0 Å². The number of anilines is 2. The van der Waals surface area contributed by atoms with Crippen LogP contribution in [0.5, 0.6) is 0 Å². The number of nitrogens with one attached hydrogen (secondary N) is 3. The SMILES string of the molecule is CCC(=O)Nc1ccc(C)cc1-c1nnc(SCC(=O)Nc2ccc(C)c([N+](=O)[O-])c2)[nH]c1=O. The van der Waals surface area contributed by atoms with E-state index in [0.29, 0.717) is 22.5 Å². The fraction of sp³-hybridized carbons (Fsp3) is 0.227. The number of benzene rings is 2. The predicted octanol–water partition coefficient (Wildman–Crippen LogP) is 3.44. The van der Waals surface area contributed by atoms with Crippen LogP contribution in [-0.4, -0.2) is 37.7 Å². The number of aromatic amines is 1. The van der Waals surface area contributed by atoms with E-state index < -0.39 is 16.4 Å². The minimum atomic E-state index is -0.523. The van der Waals surface area contributed by atoms with Crippen LogP contribution in [0.2, 0.25) is 0 Å². The summed E-state index contributed by atoms with van der Waals surface area (Å²) >= 11 is 0.956. The number of rotatable bonds is 8. The molecule has 0 aliphatic heterocycles. The fourth-order valence-corrected chi connectivity index (χ4v) is 3.58. The molecule has 0 bridgehead atoms. The number of thioether (sulfide) groups is 1. The molecule has 3 N–H and O–H groups in total. The standard InChI is InChI=1S/C22H22N6O5S/c1-4-18(29)24-16-8-5-12(2)9-15(16)20-21(31)25-22(27-26-20)34-11-19(30)23-14-7-6-13(3)17(10-14)28(32)33/h5-10H,4,11H2,1-3H3,(H,23,30)(H,24,29)(H,25,27,31). The summed E-state index contributed by atoms with van der Waals surface area (Å²) in [7, 11) is 0. The molecular formula is C22H22N6O5S. The summed E-state index contributed by atoms with van der Waals surface area (Å²) in [5.41, 5.74) is 1.95. The summed E-state index contributed by atoms with van der Waals surface area (Å²) in [6, 6.07) is 9.63. The van der Waals surface area contributed by atoms with E-state index in [1.165, 1.54) is 6.07 Å². The highest BCUT2D eigenvalue weighted by Gasteiger charge is 2.16. The molecule has 0 fully saturated rings. The van der Waals surface area contributed by atoms with Crippen molar-refractivity contribution in [2.24, 2.45) is 0 Å². The van der Waals surface area contributed by atoms with Gasteiger partial charge in [-0.2, -0.15) is 0 Å². The molecule has 3 aromatic rings. The molecule has 2 aromatic carbocycles. The first-order chi connectivity index (χ1) is 16.2. The van der Waals surface area contributed by atoms with Gasteiger partial charge in [0.1, 0.15) is 0 Å². The lowest BCUT2D eigenvalue weighted by Gasteiger charge is -2.11. The molecule has 0 saturated carbocycles. The maximum absolute atomic E-state index is 12.7. The van der Waals surface area contributed by atoms with Gasteiger partial charge in [0.2, 0.25) is 11.8 Å². The topological polar surface area (TPSA) is 160 Å². The highest BCUT2D eigenvalue weighted by Crippen LogP contribution is 2.26. The quantitative estimate of drug-likeness (QED) is 0.250. The van der Waals surface area contributed by atoms with E-state index in [0.717, 1.165) is 17.3 Å². The largest absolute Gasteiger partial charge is 0.325 e. The second-order valence-corrected chi connectivity index (χ2v) is 8.32. The van der Waals surface area contributed by atoms with E-state index in [4.69, 9.17) is 0 Å². The Bertz CT molecular complexity index is 1320. The van der Waals surface area contributed by atoms with Crippen molar-refractivity contribution in [2.45, 2.75) is 32.3 Å². The number of carbonyl (C=O) groups is 2. The number of hydrogen-bond donors (Lipinski definition) is 3. The molecule has 3 rings (SSSR count). The highest BCUT2D eigenvalue weighted by atomic mass is 32.2. The second-order valence-electron chi connectivity index (χ2n) is 7.35. The average Bonchev–Trinajstić information content (AvgIpc) is 2.80. The Labute approximate surface area is 198 Å². The first kappa shape index (κ1) is 24.6. The van der Waals surface area contributed by atoms with Gasteiger partial charge in [0.15, 0.2) is 10.9 Å². The molecule has 11 nitrogen and oxygen atoms in total. The number of H-pyrrole nitrogens is 1. The Balaban J connectivity index is 1.72. The van der Waals surface area contributed by atoms with Crippen LogP contribution in [0.3, 0.4) is 0 Å². The van der Waals surface area contributed by atoms with Gasteiger partial charge in [-0.1, -0.05) is 36.4 Å². The lowest BCUT2D eigenvalue weighted by molar-refractivity contribution is -0.385. The molecule has 0 saturated heterocycles. The molecule has 2 amide bonds. The summed E-state index contributed by atoms with van der Waals surface area (Å²) in [5, 5.41) is 24.5. The molecular weight excluding hydrogens is 460 g/mol.